The van der Waals surface area contributed by atoms with Crippen LogP contribution in [0.3, 0.4) is 0 Å². The quantitative estimate of drug-likeness (QED) is 0.116. The molecule has 0 bridgehead atoms. The smallest absolute Gasteiger partial charge is 0.346 e. The molecular weight excluding hydrogens is 801 g/mol. The molecule has 1 aliphatic heterocycles. The molecule has 0 radical (unpaired) electrons. The highest BCUT2D eigenvalue weighted by Gasteiger charge is 2.42. The molecule has 0 aromatic rings. The van der Waals surface area contributed by atoms with E-state index in [-0.39, 0.29) is 19.9 Å². The van der Waals surface area contributed by atoms with Gasteiger partial charge in [-0.15, -0.1) is 11.1 Å². The second kappa shape index (κ2) is 20.7. The zero-order chi connectivity index (χ0) is 43.7. The minimum absolute atomic E-state index is 0.00412. The molecule has 0 saturated heterocycles. The molecule has 56 heavy (non-hydrogen) atoms. The first-order chi connectivity index (χ1) is 25.4. The van der Waals surface area contributed by atoms with E-state index < -0.39 is 44.7 Å². The Hall–Kier alpha value is -2.11. The van der Waals surface area contributed by atoms with Crippen molar-refractivity contribution in [3.8, 4) is 46.6 Å². The first kappa shape index (κ1) is 51.9. The Morgan fingerprint density at radius 2 is 0.964 bits per heavy atom. The van der Waals surface area contributed by atoms with Crippen LogP contribution >= 0.6 is 23.5 Å². The normalized spacial score (nSPS) is 14.5. The van der Waals surface area contributed by atoms with Crippen molar-refractivity contribution in [3.05, 3.63) is 30.8 Å². The second-order valence-corrected chi connectivity index (χ2v) is 41.5. The lowest BCUT2D eigenvalue weighted by Crippen LogP contribution is -2.43. The summed E-state index contributed by atoms with van der Waals surface area (Å²) in [6.07, 6.45) is 0. The monoisotopic (exact) mass is 870 g/mol. The third kappa shape index (κ3) is 14.3. The lowest BCUT2D eigenvalue weighted by Gasteiger charge is -2.38. The van der Waals surface area contributed by atoms with E-state index in [1.54, 1.807) is 0 Å². The van der Waals surface area contributed by atoms with Crippen LogP contribution in [0.1, 0.15) is 83.1 Å². The third-order valence-corrected chi connectivity index (χ3v) is 29.7. The number of thioether (sulfide) groups is 2. The van der Waals surface area contributed by atoms with E-state index >= 15 is 0 Å². The van der Waals surface area contributed by atoms with Gasteiger partial charge in [-0.2, -0.15) is 0 Å². The summed E-state index contributed by atoms with van der Waals surface area (Å²) < 4.78 is 24.2. The van der Waals surface area contributed by atoms with Crippen molar-refractivity contribution in [3.63, 3.8) is 0 Å². The number of rotatable bonds is 11. The minimum atomic E-state index is -2.18. The van der Waals surface area contributed by atoms with E-state index in [1.807, 2.05) is 0 Å². The van der Waals surface area contributed by atoms with Crippen LogP contribution in [0.2, 0.25) is 72.5 Å². The fraction of sp³-hybridized carbons (Fsp3) is 0.636. The van der Waals surface area contributed by atoms with Gasteiger partial charge in [0.15, 0.2) is 16.6 Å². The number of methoxy groups -OCH3 is 2. The summed E-state index contributed by atoms with van der Waals surface area (Å²) >= 11 is 2.28. The lowest BCUT2D eigenvalue weighted by atomic mass is 10.1. The summed E-state index contributed by atoms with van der Waals surface area (Å²) in [4.78, 5) is 25.9. The highest BCUT2D eigenvalue weighted by atomic mass is 32.2. The van der Waals surface area contributed by atoms with E-state index in [0.717, 1.165) is 34.7 Å². The Morgan fingerprint density at radius 3 is 1.30 bits per heavy atom. The molecule has 6 nitrogen and oxygen atoms in total. The summed E-state index contributed by atoms with van der Waals surface area (Å²) in [5.41, 5.74) is 10.6. The van der Waals surface area contributed by atoms with E-state index in [4.69, 9.17) is 18.3 Å². The molecule has 0 aliphatic carbocycles. The summed E-state index contributed by atoms with van der Waals surface area (Å²) in [6, 6.07) is 0. The van der Waals surface area contributed by atoms with Gasteiger partial charge in [0.1, 0.15) is 26.0 Å². The molecule has 1 aliphatic rings. The molecule has 0 amide bonds. The first-order valence-electron chi connectivity index (χ1n) is 19.5. The van der Waals surface area contributed by atoms with Crippen molar-refractivity contribution in [1.82, 2.24) is 0 Å². The molecule has 1 heterocycles. The Kier molecular flexibility index (Phi) is 19.2. The van der Waals surface area contributed by atoms with Crippen LogP contribution in [-0.4, -0.2) is 72.2 Å². The van der Waals surface area contributed by atoms with Gasteiger partial charge in [0, 0.05) is 11.1 Å². The standard InChI is InChI=1S/C44H70O6S2Si4/c1-32(2)56(33(3)4,34(5)6)29-27-35(42-51-38(40(45)47-13)39(52-42)41(46)48-14)24-22-23-25-36(30-49-54(18,19)43(7,8)9)37(26-28-53(15,16)17)31-50-55(20,21)44(10,11)12/h32-34H,30-31H2,1-21H3/b37-36+. The van der Waals surface area contributed by atoms with Gasteiger partial charge in [-0.3, -0.25) is 0 Å². The SMILES string of the molecule is COC(=O)C1=C(C(=O)OC)SC(=C(C#CC#C/C(CO[Si](C)(C)C(C)(C)C)=C(/C#C[Si](C)(C)C)CO[Si](C)(C)C(C)(C)C)C#C[Si](C(C)C)(C(C)C)C(C)C)S1. The zero-order valence-electron chi connectivity index (χ0n) is 38.4. The highest BCUT2D eigenvalue weighted by molar-refractivity contribution is 8.29. The molecule has 0 aromatic heterocycles. The van der Waals surface area contributed by atoms with Gasteiger partial charge in [-0.05, 0) is 70.6 Å². The summed E-state index contributed by atoms with van der Waals surface area (Å²) in [6.45, 7) is 43.2. The summed E-state index contributed by atoms with van der Waals surface area (Å²) in [5.74, 6) is 18.6. The minimum Gasteiger partial charge on any atom is -0.465 e. The second-order valence-electron chi connectivity index (χ2n) is 19.2. The van der Waals surface area contributed by atoms with E-state index in [2.05, 4.69) is 176 Å². The summed E-state index contributed by atoms with van der Waals surface area (Å²) in [7, 11) is -5.63. The molecule has 0 spiro atoms. The van der Waals surface area contributed by atoms with Crippen LogP contribution < -0.4 is 0 Å². The third-order valence-electron chi connectivity index (χ3n) is 11.0. The highest BCUT2D eigenvalue weighted by Crippen LogP contribution is 2.51. The Balaban J connectivity index is 4.23. The molecule has 0 aromatic carbocycles. The number of hydrogen-bond donors (Lipinski definition) is 0. The molecule has 1 rings (SSSR count). The lowest BCUT2D eigenvalue weighted by molar-refractivity contribution is -0.138. The molecule has 0 atom stereocenters. The molecule has 0 fully saturated rings. The van der Waals surface area contributed by atoms with E-state index in [1.165, 1.54) is 14.2 Å². The van der Waals surface area contributed by atoms with Crippen LogP contribution in [-0.2, 0) is 27.9 Å². The number of esters is 2. The van der Waals surface area contributed by atoms with Crippen LogP contribution in [0.15, 0.2) is 30.8 Å². The predicted molar refractivity (Wildman–Crippen MR) is 252 cm³/mol. The van der Waals surface area contributed by atoms with Gasteiger partial charge < -0.3 is 18.3 Å². The fourth-order valence-corrected chi connectivity index (χ4v) is 15.4. The maximum absolute atomic E-state index is 12.8. The van der Waals surface area contributed by atoms with E-state index in [9.17, 15) is 9.59 Å². The van der Waals surface area contributed by atoms with Crippen LogP contribution in [0, 0.1) is 46.6 Å². The molecule has 0 N–H and O–H groups in total. The van der Waals surface area contributed by atoms with Gasteiger partial charge in [0.2, 0.25) is 0 Å². The summed E-state index contributed by atoms with van der Waals surface area (Å²) in [5, 5.41) is 0.0299. The van der Waals surface area contributed by atoms with Gasteiger partial charge >= 0.3 is 11.9 Å². The van der Waals surface area contributed by atoms with Gasteiger partial charge in [0.25, 0.3) is 0 Å². The van der Waals surface area contributed by atoms with Crippen molar-refractivity contribution in [2.24, 2.45) is 0 Å². The first-order valence-corrected chi connectivity index (χ1v) is 32.7. The van der Waals surface area contributed by atoms with Crippen molar-refractivity contribution < 1.29 is 27.9 Å². The van der Waals surface area contributed by atoms with Crippen molar-refractivity contribution in [1.29, 1.82) is 0 Å². The largest absolute Gasteiger partial charge is 0.465 e. The fourth-order valence-electron chi connectivity index (χ4n) is 5.39. The average molecular weight is 872 g/mol. The van der Waals surface area contributed by atoms with Crippen molar-refractivity contribution in [2.45, 2.75) is 156 Å². The van der Waals surface area contributed by atoms with Crippen LogP contribution in [0.4, 0.5) is 0 Å². The molecule has 0 unspecified atom stereocenters. The Bertz CT molecular complexity index is 1770. The van der Waals surface area contributed by atoms with Crippen molar-refractivity contribution >= 4 is 68.2 Å². The predicted octanol–water partition coefficient (Wildman–Crippen LogP) is 11.7. The topological polar surface area (TPSA) is 71.1 Å². The van der Waals surface area contributed by atoms with E-state index in [0.29, 0.717) is 39.6 Å². The molecular formula is C44H70O6S2Si4. The molecule has 0 saturated carbocycles. The number of carbonyl (C=O) groups is 2. The van der Waals surface area contributed by atoms with Gasteiger partial charge in [0.05, 0.1) is 37.2 Å². The Morgan fingerprint density at radius 1 is 0.589 bits per heavy atom. The van der Waals surface area contributed by atoms with Crippen LogP contribution in [0.25, 0.3) is 0 Å². The zero-order valence-corrected chi connectivity index (χ0v) is 44.0. The van der Waals surface area contributed by atoms with Gasteiger partial charge in [-0.1, -0.05) is 144 Å². The molecule has 12 heteroatoms. The molecule has 310 valence electrons. The average Bonchev–Trinajstić information content (AvgIpc) is 3.50. The number of ether oxygens (including phenoxy) is 2. The van der Waals surface area contributed by atoms with Gasteiger partial charge in [-0.25, -0.2) is 9.59 Å². The maximum Gasteiger partial charge on any atom is 0.346 e. The Labute approximate surface area is 354 Å². The number of allylic oxidation sites excluding steroid dienone is 1. The number of hydrogen-bond acceptors (Lipinski definition) is 8. The van der Waals surface area contributed by atoms with Crippen molar-refractivity contribution in [2.75, 3.05) is 27.4 Å². The maximum atomic E-state index is 12.8. The number of carbonyl (C=O) groups excluding carboxylic acids is 2. The van der Waals surface area contributed by atoms with Crippen LogP contribution in [0.5, 0.6) is 0 Å².